The van der Waals surface area contributed by atoms with Gasteiger partial charge in [-0.2, -0.15) is 0 Å². The molecule has 0 bridgehead atoms. The number of carboxylic acid groups (broad SMARTS) is 1. The predicted molar refractivity (Wildman–Crippen MR) is 72.8 cm³/mol. The highest BCUT2D eigenvalue weighted by molar-refractivity contribution is 6.05. The minimum Gasteiger partial charge on any atom is -0.478 e. The van der Waals surface area contributed by atoms with Crippen molar-refractivity contribution in [2.24, 2.45) is 0 Å². The summed E-state index contributed by atoms with van der Waals surface area (Å²) >= 11 is 0. The van der Waals surface area contributed by atoms with Crippen LogP contribution in [0.1, 0.15) is 22.8 Å². The normalized spacial score (nSPS) is 13.3. The molecule has 1 N–H and O–H groups in total. The molecule has 106 valence electrons. The molecule has 0 unspecified atom stereocenters. The number of carboxylic acids is 1. The molecule has 2 amide bonds. The Hall–Kier alpha value is -2.37. The molecule has 6 heteroatoms. The SMILES string of the molecule is CCN(C)C(=O)CN1C(=O)Cc2cc(C(=O)O)ccc21. The van der Waals surface area contributed by atoms with Crippen molar-refractivity contribution in [2.45, 2.75) is 13.3 Å². The number of hydrogen-bond donors (Lipinski definition) is 1. The van der Waals surface area contributed by atoms with Crippen LogP contribution in [0.3, 0.4) is 0 Å². The number of carbonyl (C=O) groups excluding carboxylic acids is 2. The molecule has 20 heavy (non-hydrogen) atoms. The van der Waals surface area contributed by atoms with Crippen LogP contribution < -0.4 is 4.90 Å². The highest BCUT2D eigenvalue weighted by Gasteiger charge is 2.30. The van der Waals surface area contributed by atoms with Crippen LogP contribution in [0.25, 0.3) is 0 Å². The maximum atomic E-state index is 12.0. The largest absolute Gasteiger partial charge is 0.478 e. The van der Waals surface area contributed by atoms with Gasteiger partial charge in [-0.3, -0.25) is 9.59 Å². The van der Waals surface area contributed by atoms with Gasteiger partial charge in [-0.1, -0.05) is 0 Å². The number of amides is 2. The summed E-state index contributed by atoms with van der Waals surface area (Å²) in [5.74, 6) is -1.35. The number of rotatable bonds is 4. The van der Waals surface area contributed by atoms with Gasteiger partial charge < -0.3 is 14.9 Å². The smallest absolute Gasteiger partial charge is 0.335 e. The van der Waals surface area contributed by atoms with Gasteiger partial charge in [0.25, 0.3) is 0 Å². The molecule has 1 aliphatic heterocycles. The predicted octanol–water partition coefficient (Wildman–Crippen LogP) is 0.752. The first-order valence-electron chi connectivity index (χ1n) is 6.34. The number of benzene rings is 1. The van der Waals surface area contributed by atoms with E-state index in [-0.39, 0.29) is 30.3 Å². The molecule has 0 fully saturated rings. The quantitative estimate of drug-likeness (QED) is 0.880. The first-order chi connectivity index (χ1) is 9.43. The molecule has 0 atom stereocenters. The zero-order valence-corrected chi connectivity index (χ0v) is 11.4. The molecule has 0 saturated heterocycles. The van der Waals surface area contributed by atoms with Crippen molar-refractivity contribution in [2.75, 3.05) is 25.0 Å². The van der Waals surface area contributed by atoms with Gasteiger partial charge in [0.2, 0.25) is 11.8 Å². The Bertz CT molecular complexity index is 583. The van der Waals surface area contributed by atoms with Gasteiger partial charge in [-0.15, -0.1) is 0 Å². The first-order valence-corrected chi connectivity index (χ1v) is 6.34. The second-order valence-corrected chi connectivity index (χ2v) is 4.71. The van der Waals surface area contributed by atoms with E-state index in [1.54, 1.807) is 13.1 Å². The third-order valence-corrected chi connectivity index (χ3v) is 3.45. The van der Waals surface area contributed by atoms with Gasteiger partial charge in [0.05, 0.1) is 12.0 Å². The van der Waals surface area contributed by atoms with Crippen molar-refractivity contribution in [3.05, 3.63) is 29.3 Å². The molecule has 1 aliphatic rings. The number of hydrogen-bond acceptors (Lipinski definition) is 3. The average molecular weight is 276 g/mol. The summed E-state index contributed by atoms with van der Waals surface area (Å²) < 4.78 is 0. The standard InChI is InChI=1S/C14H16N2O4/c1-3-15(2)13(18)8-16-11-5-4-9(14(19)20)6-10(11)7-12(16)17/h4-6H,3,7-8H2,1-2H3,(H,19,20). The Morgan fingerprint density at radius 1 is 1.40 bits per heavy atom. The molecule has 1 aromatic rings. The lowest BCUT2D eigenvalue weighted by Crippen LogP contribution is -2.39. The minimum atomic E-state index is -1.03. The van der Waals surface area contributed by atoms with Crippen molar-refractivity contribution in [3.63, 3.8) is 0 Å². The number of carbonyl (C=O) groups is 3. The lowest BCUT2D eigenvalue weighted by molar-refractivity contribution is -0.129. The van der Waals surface area contributed by atoms with Gasteiger partial charge in [-0.05, 0) is 30.7 Å². The Labute approximate surface area is 116 Å². The van der Waals surface area contributed by atoms with Crippen LogP contribution >= 0.6 is 0 Å². The Morgan fingerprint density at radius 2 is 2.10 bits per heavy atom. The van der Waals surface area contributed by atoms with Gasteiger partial charge in [0.15, 0.2) is 0 Å². The number of nitrogens with zero attached hydrogens (tertiary/aromatic N) is 2. The molecule has 0 saturated carbocycles. The van der Waals surface area contributed by atoms with E-state index < -0.39 is 5.97 Å². The van der Waals surface area contributed by atoms with E-state index in [0.29, 0.717) is 17.8 Å². The van der Waals surface area contributed by atoms with E-state index >= 15 is 0 Å². The second-order valence-electron chi connectivity index (χ2n) is 4.71. The zero-order valence-electron chi connectivity index (χ0n) is 11.4. The summed E-state index contributed by atoms with van der Waals surface area (Å²) in [4.78, 5) is 37.7. The Balaban J connectivity index is 2.25. The maximum absolute atomic E-state index is 12.0. The highest BCUT2D eigenvalue weighted by Crippen LogP contribution is 2.29. The van der Waals surface area contributed by atoms with Crippen molar-refractivity contribution < 1.29 is 19.5 Å². The van der Waals surface area contributed by atoms with Crippen LogP contribution in [0.4, 0.5) is 5.69 Å². The van der Waals surface area contributed by atoms with Crippen molar-refractivity contribution in [1.82, 2.24) is 4.90 Å². The highest BCUT2D eigenvalue weighted by atomic mass is 16.4. The summed E-state index contributed by atoms with van der Waals surface area (Å²) in [6, 6.07) is 4.52. The number of anilines is 1. The molecule has 0 radical (unpaired) electrons. The molecule has 0 spiro atoms. The summed E-state index contributed by atoms with van der Waals surface area (Å²) in [5, 5.41) is 8.94. The molecular formula is C14H16N2O4. The summed E-state index contributed by atoms with van der Waals surface area (Å²) in [5.41, 5.74) is 1.43. The van der Waals surface area contributed by atoms with Crippen molar-refractivity contribution in [3.8, 4) is 0 Å². The van der Waals surface area contributed by atoms with Crippen LogP contribution in [0.2, 0.25) is 0 Å². The lowest BCUT2D eigenvalue weighted by Gasteiger charge is -2.21. The number of likely N-dealkylation sites (N-methyl/N-ethyl adjacent to an activating group) is 1. The average Bonchev–Trinajstić information content (AvgIpc) is 2.73. The molecule has 1 aromatic carbocycles. The maximum Gasteiger partial charge on any atom is 0.335 e. The molecule has 6 nitrogen and oxygen atoms in total. The van der Waals surface area contributed by atoms with E-state index in [2.05, 4.69) is 0 Å². The first kappa shape index (κ1) is 14.0. The molecular weight excluding hydrogens is 260 g/mol. The fourth-order valence-electron chi connectivity index (χ4n) is 2.12. The lowest BCUT2D eigenvalue weighted by atomic mass is 10.1. The molecule has 0 aliphatic carbocycles. The van der Waals surface area contributed by atoms with Crippen LogP contribution in [-0.2, 0) is 16.0 Å². The van der Waals surface area contributed by atoms with Crippen molar-refractivity contribution in [1.29, 1.82) is 0 Å². The fourth-order valence-corrected chi connectivity index (χ4v) is 2.12. The van der Waals surface area contributed by atoms with Crippen LogP contribution in [-0.4, -0.2) is 47.9 Å². The Kier molecular flexibility index (Phi) is 3.74. The Morgan fingerprint density at radius 3 is 2.70 bits per heavy atom. The minimum absolute atomic E-state index is 0.0113. The number of fused-ring (bicyclic) bond motifs is 1. The zero-order chi connectivity index (χ0) is 14.9. The topological polar surface area (TPSA) is 77.9 Å². The van der Waals surface area contributed by atoms with Crippen LogP contribution in [0.15, 0.2) is 18.2 Å². The van der Waals surface area contributed by atoms with Crippen molar-refractivity contribution >= 4 is 23.5 Å². The van der Waals surface area contributed by atoms with E-state index in [4.69, 9.17) is 5.11 Å². The fraction of sp³-hybridized carbons (Fsp3) is 0.357. The van der Waals surface area contributed by atoms with E-state index in [9.17, 15) is 14.4 Å². The summed E-state index contributed by atoms with van der Waals surface area (Å²) in [7, 11) is 1.68. The van der Waals surface area contributed by atoms with Crippen LogP contribution in [0, 0.1) is 0 Å². The van der Waals surface area contributed by atoms with Crippen LogP contribution in [0.5, 0.6) is 0 Å². The summed E-state index contributed by atoms with van der Waals surface area (Å²) in [6.45, 7) is 2.42. The van der Waals surface area contributed by atoms with Gasteiger partial charge in [0.1, 0.15) is 6.54 Å². The van der Waals surface area contributed by atoms with E-state index in [1.165, 1.54) is 21.9 Å². The second kappa shape index (κ2) is 5.32. The molecule has 0 aromatic heterocycles. The number of aromatic carboxylic acids is 1. The van der Waals surface area contributed by atoms with Gasteiger partial charge in [0, 0.05) is 19.3 Å². The van der Waals surface area contributed by atoms with Gasteiger partial charge >= 0.3 is 5.97 Å². The third-order valence-electron chi connectivity index (χ3n) is 3.45. The molecule has 1 heterocycles. The van der Waals surface area contributed by atoms with E-state index in [0.717, 1.165) is 0 Å². The molecule has 2 rings (SSSR count). The monoisotopic (exact) mass is 276 g/mol. The van der Waals surface area contributed by atoms with Gasteiger partial charge in [-0.25, -0.2) is 4.79 Å². The third kappa shape index (κ3) is 2.49. The van der Waals surface area contributed by atoms with E-state index in [1.807, 2.05) is 6.92 Å². The summed E-state index contributed by atoms with van der Waals surface area (Å²) in [6.07, 6.45) is 0.138.